The highest BCUT2D eigenvalue weighted by Crippen LogP contribution is 2.19. The zero-order valence-corrected chi connectivity index (χ0v) is 10.8. The van der Waals surface area contributed by atoms with E-state index in [-0.39, 0.29) is 5.92 Å². The second-order valence-corrected chi connectivity index (χ2v) is 4.99. The first-order chi connectivity index (χ1) is 8.81. The average molecular weight is 246 g/mol. The topological polar surface area (TPSA) is 46.3 Å². The molecule has 0 spiro atoms. The summed E-state index contributed by atoms with van der Waals surface area (Å²) in [4.78, 5) is 14.0. The molecular weight excluding hydrogens is 224 g/mol. The summed E-state index contributed by atoms with van der Waals surface area (Å²) >= 11 is 0. The molecule has 1 heterocycles. The van der Waals surface area contributed by atoms with Crippen LogP contribution in [0.5, 0.6) is 0 Å². The number of amides is 1. The van der Waals surface area contributed by atoms with E-state index < -0.39 is 0 Å². The van der Waals surface area contributed by atoms with Crippen LogP contribution in [0, 0.1) is 0 Å². The highest BCUT2D eigenvalue weighted by atomic mass is 16.2. The van der Waals surface area contributed by atoms with Crippen molar-refractivity contribution >= 4 is 5.91 Å². The normalized spacial score (nSPS) is 18.5. The first-order valence-electron chi connectivity index (χ1n) is 6.84. The lowest BCUT2D eigenvalue weighted by Crippen LogP contribution is -2.36. The van der Waals surface area contributed by atoms with Gasteiger partial charge in [-0.3, -0.25) is 4.79 Å². The molecule has 1 aliphatic heterocycles. The van der Waals surface area contributed by atoms with Crippen LogP contribution >= 0.6 is 0 Å². The molecule has 18 heavy (non-hydrogen) atoms. The van der Waals surface area contributed by atoms with Gasteiger partial charge in [-0.05, 0) is 18.4 Å². The summed E-state index contributed by atoms with van der Waals surface area (Å²) < 4.78 is 0. The lowest BCUT2D eigenvalue weighted by atomic mass is 9.98. The van der Waals surface area contributed by atoms with Crippen LogP contribution in [-0.2, 0) is 4.79 Å². The summed E-state index contributed by atoms with van der Waals surface area (Å²) in [7, 11) is 0. The lowest BCUT2D eigenvalue weighted by Gasteiger charge is -2.26. The molecule has 0 radical (unpaired) electrons. The Labute approximate surface area is 109 Å². The maximum absolute atomic E-state index is 12.0. The summed E-state index contributed by atoms with van der Waals surface area (Å²) in [6, 6.07) is 10.3. The lowest BCUT2D eigenvalue weighted by molar-refractivity contribution is -0.130. The number of likely N-dealkylation sites (tertiary alicyclic amines) is 1. The average Bonchev–Trinajstić information content (AvgIpc) is 2.62. The highest BCUT2D eigenvalue weighted by Gasteiger charge is 2.20. The minimum Gasteiger partial charge on any atom is -0.342 e. The van der Waals surface area contributed by atoms with Gasteiger partial charge in [0.2, 0.25) is 5.91 Å². The van der Waals surface area contributed by atoms with Crippen molar-refractivity contribution < 1.29 is 4.79 Å². The van der Waals surface area contributed by atoms with Gasteiger partial charge in [0.25, 0.3) is 0 Å². The molecule has 0 bridgehead atoms. The Hall–Kier alpha value is -1.35. The molecule has 98 valence electrons. The van der Waals surface area contributed by atoms with E-state index in [1.54, 1.807) is 0 Å². The molecule has 1 aromatic carbocycles. The molecule has 1 aliphatic rings. The molecule has 3 nitrogen and oxygen atoms in total. The highest BCUT2D eigenvalue weighted by molar-refractivity contribution is 5.76. The quantitative estimate of drug-likeness (QED) is 0.884. The van der Waals surface area contributed by atoms with Crippen molar-refractivity contribution in [3.63, 3.8) is 0 Å². The van der Waals surface area contributed by atoms with Crippen LogP contribution in [0.2, 0.25) is 0 Å². The Balaban J connectivity index is 2.03. The van der Waals surface area contributed by atoms with Crippen LogP contribution in [-0.4, -0.2) is 30.4 Å². The predicted molar refractivity (Wildman–Crippen MR) is 73.3 cm³/mol. The van der Waals surface area contributed by atoms with Crippen LogP contribution in [0.25, 0.3) is 0 Å². The zero-order valence-electron chi connectivity index (χ0n) is 10.8. The maximum Gasteiger partial charge on any atom is 0.222 e. The number of hydrogen-bond donors (Lipinski definition) is 1. The number of rotatable bonds is 4. The summed E-state index contributed by atoms with van der Waals surface area (Å²) in [5, 5.41) is 0. The third kappa shape index (κ3) is 3.33. The van der Waals surface area contributed by atoms with Gasteiger partial charge in [-0.1, -0.05) is 36.8 Å². The summed E-state index contributed by atoms with van der Waals surface area (Å²) in [5.41, 5.74) is 7.10. The zero-order chi connectivity index (χ0) is 12.8. The van der Waals surface area contributed by atoms with Crippen LogP contribution in [0.1, 0.15) is 37.2 Å². The summed E-state index contributed by atoms with van der Waals surface area (Å²) in [6.45, 7) is 2.25. The van der Waals surface area contributed by atoms with E-state index in [0.29, 0.717) is 18.9 Å². The van der Waals surface area contributed by atoms with Crippen molar-refractivity contribution in [1.29, 1.82) is 0 Å². The fourth-order valence-corrected chi connectivity index (χ4v) is 2.54. The number of nitrogens with two attached hydrogens (primary N) is 1. The Morgan fingerprint density at radius 3 is 2.67 bits per heavy atom. The van der Waals surface area contributed by atoms with Crippen LogP contribution < -0.4 is 5.73 Å². The second kappa shape index (κ2) is 6.55. The first kappa shape index (κ1) is 13.1. The number of hydrogen-bond acceptors (Lipinski definition) is 2. The summed E-state index contributed by atoms with van der Waals surface area (Å²) in [5.74, 6) is 0.551. The third-order valence-corrected chi connectivity index (χ3v) is 3.67. The minimum atomic E-state index is 0.258. The SMILES string of the molecule is NCC(CN1CCCCCC1=O)c1ccccc1. The van der Waals surface area contributed by atoms with Gasteiger partial charge in [-0.2, -0.15) is 0 Å². The molecule has 2 rings (SSSR count). The monoisotopic (exact) mass is 246 g/mol. The smallest absolute Gasteiger partial charge is 0.222 e. The Bertz CT molecular complexity index is 377. The molecule has 1 aromatic rings. The third-order valence-electron chi connectivity index (χ3n) is 3.67. The van der Waals surface area contributed by atoms with Crippen LogP contribution in [0.15, 0.2) is 30.3 Å². The van der Waals surface area contributed by atoms with Gasteiger partial charge >= 0.3 is 0 Å². The van der Waals surface area contributed by atoms with Crippen LogP contribution in [0.4, 0.5) is 0 Å². The van der Waals surface area contributed by atoms with Gasteiger partial charge in [0.15, 0.2) is 0 Å². The molecule has 1 fully saturated rings. The Morgan fingerprint density at radius 2 is 1.94 bits per heavy atom. The van der Waals surface area contributed by atoms with Crippen molar-refractivity contribution in [2.45, 2.75) is 31.6 Å². The minimum absolute atomic E-state index is 0.258. The first-order valence-corrected chi connectivity index (χ1v) is 6.84. The maximum atomic E-state index is 12.0. The van der Waals surface area contributed by atoms with Crippen molar-refractivity contribution in [2.75, 3.05) is 19.6 Å². The van der Waals surface area contributed by atoms with Gasteiger partial charge in [-0.15, -0.1) is 0 Å². The summed E-state index contributed by atoms with van der Waals surface area (Å²) in [6.07, 6.45) is 4.03. The molecule has 0 aromatic heterocycles. The predicted octanol–water partition coefficient (Wildman–Crippen LogP) is 2.13. The molecule has 0 saturated carbocycles. The molecule has 2 N–H and O–H groups in total. The van der Waals surface area contributed by atoms with Crippen LogP contribution in [0.3, 0.4) is 0 Å². The van der Waals surface area contributed by atoms with E-state index in [0.717, 1.165) is 25.9 Å². The van der Waals surface area contributed by atoms with Crippen molar-refractivity contribution in [3.8, 4) is 0 Å². The molecule has 1 unspecified atom stereocenters. The van der Waals surface area contributed by atoms with E-state index in [1.807, 2.05) is 23.1 Å². The molecule has 1 saturated heterocycles. The van der Waals surface area contributed by atoms with Gasteiger partial charge < -0.3 is 10.6 Å². The largest absolute Gasteiger partial charge is 0.342 e. The van der Waals surface area contributed by atoms with Crippen molar-refractivity contribution in [1.82, 2.24) is 4.90 Å². The standard InChI is InChI=1S/C15H22N2O/c16-11-14(13-7-3-1-4-8-13)12-17-10-6-2-5-9-15(17)18/h1,3-4,7-8,14H,2,5-6,9-12,16H2. The van der Waals surface area contributed by atoms with Gasteiger partial charge in [-0.25, -0.2) is 0 Å². The molecule has 0 aliphatic carbocycles. The van der Waals surface area contributed by atoms with E-state index >= 15 is 0 Å². The van der Waals surface area contributed by atoms with E-state index in [2.05, 4.69) is 12.1 Å². The number of nitrogens with zero attached hydrogens (tertiary/aromatic N) is 1. The second-order valence-electron chi connectivity index (χ2n) is 4.99. The van der Waals surface area contributed by atoms with E-state index in [4.69, 9.17) is 5.73 Å². The number of carbonyl (C=O) groups excluding carboxylic acids is 1. The Morgan fingerprint density at radius 1 is 1.17 bits per heavy atom. The van der Waals surface area contributed by atoms with E-state index in [9.17, 15) is 4.79 Å². The Kier molecular flexibility index (Phi) is 4.76. The van der Waals surface area contributed by atoms with Crippen molar-refractivity contribution in [2.24, 2.45) is 5.73 Å². The molecule has 3 heteroatoms. The number of carbonyl (C=O) groups is 1. The van der Waals surface area contributed by atoms with E-state index in [1.165, 1.54) is 12.0 Å². The fraction of sp³-hybridized carbons (Fsp3) is 0.533. The molecular formula is C15H22N2O. The van der Waals surface area contributed by atoms with Gasteiger partial charge in [0.05, 0.1) is 0 Å². The molecule has 1 atom stereocenters. The van der Waals surface area contributed by atoms with Gasteiger partial charge in [0, 0.05) is 32.0 Å². The fourth-order valence-electron chi connectivity index (χ4n) is 2.54. The molecule has 1 amide bonds. The number of benzene rings is 1. The van der Waals surface area contributed by atoms with Crippen molar-refractivity contribution in [3.05, 3.63) is 35.9 Å². The van der Waals surface area contributed by atoms with Gasteiger partial charge in [0.1, 0.15) is 0 Å².